The molecule has 1 aromatic heterocycles. The maximum absolute atomic E-state index is 11.6. The topological polar surface area (TPSA) is 45.8 Å². The summed E-state index contributed by atoms with van der Waals surface area (Å²) in [5.74, 6) is 0.0810. The monoisotopic (exact) mass is 216 g/mol. The highest BCUT2D eigenvalue weighted by Crippen LogP contribution is 2.30. The number of ketones is 1. The third-order valence-corrected chi connectivity index (χ3v) is 2.71. The Morgan fingerprint density at radius 1 is 1.31 bits per heavy atom. The van der Waals surface area contributed by atoms with Crippen molar-refractivity contribution in [2.24, 2.45) is 0 Å². The second kappa shape index (κ2) is 3.44. The van der Waals surface area contributed by atoms with Gasteiger partial charge in [0.25, 0.3) is 0 Å². The average molecular weight is 216 g/mol. The molecule has 16 heavy (non-hydrogen) atoms. The van der Waals surface area contributed by atoms with Gasteiger partial charge in [-0.15, -0.1) is 0 Å². The van der Waals surface area contributed by atoms with Crippen molar-refractivity contribution < 1.29 is 4.79 Å². The number of aromatic nitrogens is 2. The van der Waals surface area contributed by atoms with Gasteiger partial charge in [-0.05, 0) is 13.0 Å². The van der Waals surface area contributed by atoms with E-state index in [1.165, 1.54) is 0 Å². The van der Waals surface area contributed by atoms with Gasteiger partial charge in [0.15, 0.2) is 5.78 Å². The van der Waals surface area contributed by atoms with Crippen molar-refractivity contribution in [3.05, 3.63) is 29.5 Å². The van der Waals surface area contributed by atoms with Crippen LogP contribution < -0.4 is 0 Å². The number of fused-ring (bicyclic) bond motifs is 1. The van der Waals surface area contributed by atoms with E-state index in [0.29, 0.717) is 0 Å². The van der Waals surface area contributed by atoms with E-state index in [1.807, 2.05) is 18.2 Å². The van der Waals surface area contributed by atoms with E-state index >= 15 is 0 Å². The molecule has 0 unspecified atom stereocenters. The SMILES string of the molecule is CC(=O)c1cccc2n[nH]c(C(C)(C)C)c12. The van der Waals surface area contributed by atoms with Gasteiger partial charge in [-0.3, -0.25) is 9.89 Å². The van der Waals surface area contributed by atoms with Crippen LogP contribution in [0.3, 0.4) is 0 Å². The van der Waals surface area contributed by atoms with Gasteiger partial charge in [-0.25, -0.2) is 0 Å². The second-order valence-electron chi connectivity index (χ2n) is 5.10. The summed E-state index contributed by atoms with van der Waals surface area (Å²) in [5.41, 5.74) is 2.59. The summed E-state index contributed by atoms with van der Waals surface area (Å²) in [7, 11) is 0. The molecule has 0 atom stereocenters. The molecule has 3 heteroatoms. The lowest BCUT2D eigenvalue weighted by Gasteiger charge is -2.17. The summed E-state index contributed by atoms with van der Waals surface area (Å²) in [6.07, 6.45) is 0. The summed E-state index contributed by atoms with van der Waals surface area (Å²) in [4.78, 5) is 11.6. The predicted molar refractivity (Wildman–Crippen MR) is 64.8 cm³/mol. The number of hydrogen-bond donors (Lipinski definition) is 1. The Kier molecular flexibility index (Phi) is 2.34. The molecule has 84 valence electrons. The number of benzene rings is 1. The minimum Gasteiger partial charge on any atom is -0.294 e. The zero-order valence-electron chi connectivity index (χ0n) is 10.1. The van der Waals surface area contributed by atoms with E-state index in [4.69, 9.17) is 0 Å². The van der Waals surface area contributed by atoms with E-state index in [0.717, 1.165) is 22.2 Å². The molecule has 0 saturated heterocycles. The molecule has 1 N–H and O–H groups in total. The Bertz CT molecular complexity index is 547. The molecule has 0 bridgehead atoms. The van der Waals surface area contributed by atoms with E-state index in [2.05, 4.69) is 31.0 Å². The fourth-order valence-electron chi connectivity index (χ4n) is 1.90. The smallest absolute Gasteiger partial charge is 0.160 e. The highest BCUT2D eigenvalue weighted by Gasteiger charge is 2.22. The minimum atomic E-state index is -0.0414. The normalized spacial score (nSPS) is 12.0. The zero-order valence-corrected chi connectivity index (χ0v) is 10.1. The lowest BCUT2D eigenvalue weighted by Crippen LogP contribution is -2.13. The molecule has 0 radical (unpaired) electrons. The van der Waals surface area contributed by atoms with Crippen LogP contribution >= 0.6 is 0 Å². The number of hydrogen-bond acceptors (Lipinski definition) is 2. The van der Waals surface area contributed by atoms with Gasteiger partial charge >= 0.3 is 0 Å². The second-order valence-corrected chi connectivity index (χ2v) is 5.10. The Hall–Kier alpha value is -1.64. The molecular formula is C13H16N2O. The van der Waals surface area contributed by atoms with E-state index in [1.54, 1.807) is 6.92 Å². The van der Waals surface area contributed by atoms with Gasteiger partial charge in [-0.1, -0.05) is 32.9 Å². The number of aromatic amines is 1. The molecule has 0 fully saturated rings. The van der Waals surface area contributed by atoms with Crippen molar-refractivity contribution in [2.75, 3.05) is 0 Å². The summed E-state index contributed by atoms with van der Waals surface area (Å²) in [6.45, 7) is 7.92. The van der Waals surface area contributed by atoms with Gasteiger partial charge in [0, 0.05) is 22.1 Å². The Morgan fingerprint density at radius 3 is 2.56 bits per heavy atom. The third kappa shape index (κ3) is 1.62. The van der Waals surface area contributed by atoms with Crippen LogP contribution in [0.25, 0.3) is 10.9 Å². The van der Waals surface area contributed by atoms with Gasteiger partial charge in [0.2, 0.25) is 0 Å². The van der Waals surface area contributed by atoms with Crippen LogP contribution in [0.15, 0.2) is 18.2 Å². The van der Waals surface area contributed by atoms with Crippen LogP contribution in [-0.4, -0.2) is 16.0 Å². The highest BCUT2D eigenvalue weighted by molar-refractivity contribution is 6.07. The van der Waals surface area contributed by atoms with E-state index in [9.17, 15) is 4.79 Å². The number of Topliss-reactive ketones (excluding diaryl/α,β-unsaturated/α-hetero) is 1. The maximum Gasteiger partial charge on any atom is 0.160 e. The fraction of sp³-hybridized carbons (Fsp3) is 0.385. The minimum absolute atomic E-state index is 0.0414. The summed E-state index contributed by atoms with van der Waals surface area (Å²) in [5, 5.41) is 8.26. The van der Waals surface area contributed by atoms with Crippen molar-refractivity contribution in [1.29, 1.82) is 0 Å². The van der Waals surface area contributed by atoms with Crippen LogP contribution in [0.1, 0.15) is 43.7 Å². The van der Waals surface area contributed by atoms with Gasteiger partial charge in [-0.2, -0.15) is 5.10 Å². The molecule has 0 aliphatic heterocycles. The van der Waals surface area contributed by atoms with Crippen molar-refractivity contribution in [3.8, 4) is 0 Å². The first-order chi connectivity index (χ1) is 7.41. The standard InChI is InChI=1S/C13H16N2O/c1-8(16)9-6-5-7-10-11(9)12(15-14-10)13(2,3)4/h5-7H,1-4H3,(H,14,15). The Labute approximate surface area is 94.9 Å². The highest BCUT2D eigenvalue weighted by atomic mass is 16.1. The van der Waals surface area contributed by atoms with Crippen LogP contribution in [-0.2, 0) is 5.41 Å². The van der Waals surface area contributed by atoms with Crippen molar-refractivity contribution >= 4 is 16.7 Å². The van der Waals surface area contributed by atoms with Gasteiger partial charge in [0.1, 0.15) is 0 Å². The fourth-order valence-corrected chi connectivity index (χ4v) is 1.90. The zero-order chi connectivity index (χ0) is 11.9. The van der Waals surface area contributed by atoms with E-state index < -0.39 is 0 Å². The molecule has 1 aromatic carbocycles. The van der Waals surface area contributed by atoms with Crippen molar-refractivity contribution in [2.45, 2.75) is 33.1 Å². The lowest BCUT2D eigenvalue weighted by molar-refractivity contribution is 0.101. The number of H-pyrrole nitrogens is 1. The number of nitrogens with one attached hydrogen (secondary N) is 1. The lowest BCUT2D eigenvalue weighted by atomic mass is 9.88. The summed E-state index contributed by atoms with van der Waals surface area (Å²) in [6, 6.07) is 5.65. The molecule has 0 saturated carbocycles. The number of carbonyl (C=O) groups is 1. The molecule has 0 amide bonds. The first-order valence-corrected chi connectivity index (χ1v) is 5.40. The van der Waals surface area contributed by atoms with Gasteiger partial charge < -0.3 is 0 Å². The largest absolute Gasteiger partial charge is 0.294 e. The molecule has 0 aliphatic carbocycles. The van der Waals surface area contributed by atoms with Crippen molar-refractivity contribution in [1.82, 2.24) is 10.2 Å². The maximum atomic E-state index is 11.6. The summed E-state index contributed by atoms with van der Waals surface area (Å²) >= 11 is 0. The molecule has 0 aliphatic rings. The van der Waals surface area contributed by atoms with Gasteiger partial charge in [0.05, 0.1) is 5.52 Å². The van der Waals surface area contributed by atoms with Crippen LogP contribution in [0.2, 0.25) is 0 Å². The summed E-state index contributed by atoms with van der Waals surface area (Å²) < 4.78 is 0. The van der Waals surface area contributed by atoms with Crippen LogP contribution in [0, 0.1) is 0 Å². The Morgan fingerprint density at radius 2 is 2.00 bits per heavy atom. The molecule has 2 rings (SSSR count). The average Bonchev–Trinajstić information content (AvgIpc) is 2.59. The molecule has 1 heterocycles. The quantitative estimate of drug-likeness (QED) is 0.744. The number of carbonyl (C=O) groups excluding carboxylic acids is 1. The number of nitrogens with zero attached hydrogens (tertiary/aromatic N) is 1. The van der Waals surface area contributed by atoms with Crippen LogP contribution in [0.5, 0.6) is 0 Å². The van der Waals surface area contributed by atoms with Crippen LogP contribution in [0.4, 0.5) is 0 Å². The third-order valence-electron chi connectivity index (χ3n) is 2.71. The van der Waals surface area contributed by atoms with E-state index in [-0.39, 0.29) is 11.2 Å². The first kappa shape index (κ1) is 10.9. The number of rotatable bonds is 1. The first-order valence-electron chi connectivity index (χ1n) is 5.40. The Balaban J connectivity index is 2.83. The van der Waals surface area contributed by atoms with Crippen molar-refractivity contribution in [3.63, 3.8) is 0 Å². The molecule has 2 aromatic rings. The molecule has 0 spiro atoms. The molecule has 3 nitrogen and oxygen atoms in total. The predicted octanol–water partition coefficient (Wildman–Crippen LogP) is 3.06. The molecular weight excluding hydrogens is 200 g/mol.